The molecule has 19 heavy (non-hydrogen) atoms. The first kappa shape index (κ1) is 13.6. The Morgan fingerprint density at radius 3 is 2.89 bits per heavy atom. The lowest BCUT2D eigenvalue weighted by molar-refractivity contribution is 0.0497. The average molecular weight is 255 g/mol. The van der Waals surface area contributed by atoms with Crippen molar-refractivity contribution < 1.29 is 9.53 Å². The van der Waals surface area contributed by atoms with Gasteiger partial charge < -0.3 is 4.74 Å². The van der Waals surface area contributed by atoms with Crippen LogP contribution in [0.4, 0.5) is 0 Å². The molecule has 0 spiro atoms. The monoisotopic (exact) mass is 255 g/mol. The highest BCUT2D eigenvalue weighted by Crippen LogP contribution is 2.19. The van der Waals surface area contributed by atoms with Crippen molar-refractivity contribution in [3.63, 3.8) is 0 Å². The molecule has 0 saturated carbocycles. The molecule has 99 valence electrons. The largest absolute Gasteiger partial charge is 0.462 e. The number of benzene rings is 2. The fourth-order valence-electron chi connectivity index (χ4n) is 2.07. The fraction of sp³-hybridized carbons (Fsp3) is 0.353. The van der Waals surface area contributed by atoms with Gasteiger partial charge in [-0.2, -0.15) is 0 Å². The Labute approximate surface area is 114 Å². The first-order valence-corrected chi connectivity index (χ1v) is 6.75. The molecule has 0 atom stereocenters. The van der Waals surface area contributed by atoms with Crippen molar-refractivity contribution in [1.29, 1.82) is 0 Å². The van der Waals surface area contributed by atoms with Gasteiger partial charge in [-0.15, -0.1) is 0 Å². The lowest BCUT2D eigenvalue weighted by atomic mass is 10.0. The van der Waals surface area contributed by atoms with Crippen LogP contribution in [-0.2, 0) is 4.74 Å². The summed E-state index contributed by atoms with van der Waals surface area (Å²) >= 11 is 0. The van der Waals surface area contributed by atoms with Crippen LogP contribution in [0.2, 0.25) is 0 Å². The molecule has 2 heteroatoms. The van der Waals surface area contributed by atoms with E-state index in [0.29, 0.717) is 18.1 Å². The highest BCUT2D eigenvalue weighted by molar-refractivity contribution is 6.04. The molecule has 0 bridgehead atoms. The second-order valence-electron chi connectivity index (χ2n) is 5.11. The molecule has 0 N–H and O–H groups in total. The maximum absolute atomic E-state index is 12.1. The topological polar surface area (TPSA) is 26.3 Å². The first-order valence-electron chi connectivity index (χ1n) is 6.75. The van der Waals surface area contributed by atoms with Gasteiger partial charge in [0.15, 0.2) is 0 Å². The zero-order valence-corrected chi connectivity index (χ0v) is 11.5. The zero-order chi connectivity index (χ0) is 13.7. The summed E-state index contributed by atoms with van der Waals surface area (Å²) in [7, 11) is 0. The van der Waals surface area contributed by atoms with Crippen LogP contribution in [-0.4, -0.2) is 12.6 Å². The molecule has 1 radical (unpaired) electrons. The third-order valence-corrected chi connectivity index (χ3v) is 3.08. The van der Waals surface area contributed by atoms with Crippen molar-refractivity contribution in [2.24, 2.45) is 5.92 Å². The number of ether oxygens (including phenoxy) is 1. The van der Waals surface area contributed by atoms with E-state index < -0.39 is 0 Å². The third kappa shape index (κ3) is 3.57. The van der Waals surface area contributed by atoms with Crippen LogP contribution in [0.1, 0.15) is 37.0 Å². The van der Waals surface area contributed by atoms with Gasteiger partial charge in [-0.05, 0) is 41.7 Å². The summed E-state index contributed by atoms with van der Waals surface area (Å²) in [5, 5.41) is 1.85. The number of carbonyl (C=O) groups excluding carboxylic acids is 1. The molecule has 0 aromatic heterocycles. The van der Waals surface area contributed by atoms with Gasteiger partial charge in [-0.1, -0.05) is 44.2 Å². The van der Waals surface area contributed by atoms with Gasteiger partial charge in [0.05, 0.1) is 12.2 Å². The van der Waals surface area contributed by atoms with E-state index in [9.17, 15) is 4.79 Å². The minimum atomic E-state index is -0.242. The lowest BCUT2D eigenvalue weighted by Crippen LogP contribution is -2.07. The van der Waals surface area contributed by atoms with Crippen LogP contribution in [0.15, 0.2) is 36.4 Å². The van der Waals surface area contributed by atoms with Crippen LogP contribution < -0.4 is 0 Å². The maximum atomic E-state index is 12.1. The van der Waals surface area contributed by atoms with Crippen LogP contribution >= 0.6 is 0 Å². The van der Waals surface area contributed by atoms with Gasteiger partial charge in [0.2, 0.25) is 0 Å². The summed E-state index contributed by atoms with van der Waals surface area (Å²) in [5.41, 5.74) is 0.624. The van der Waals surface area contributed by atoms with Crippen molar-refractivity contribution in [3.8, 4) is 0 Å². The van der Waals surface area contributed by atoms with E-state index in [1.165, 1.54) is 0 Å². The molecule has 0 saturated heterocycles. The number of fused-ring (bicyclic) bond motifs is 1. The number of carbonyl (C=O) groups is 1. The van der Waals surface area contributed by atoms with Gasteiger partial charge in [0.25, 0.3) is 0 Å². The molecular formula is C17H19O2. The fourth-order valence-corrected chi connectivity index (χ4v) is 2.07. The second kappa shape index (κ2) is 6.37. The molecule has 0 heterocycles. The van der Waals surface area contributed by atoms with Crippen LogP contribution in [0.3, 0.4) is 0 Å². The predicted molar refractivity (Wildman–Crippen MR) is 77.1 cm³/mol. The Kier molecular flexibility index (Phi) is 4.56. The molecule has 2 rings (SSSR count). The minimum Gasteiger partial charge on any atom is -0.462 e. The summed E-state index contributed by atoms with van der Waals surface area (Å²) in [5.74, 6) is 0.403. The molecule has 0 amide bonds. The van der Waals surface area contributed by atoms with E-state index in [2.05, 4.69) is 19.9 Å². The maximum Gasteiger partial charge on any atom is 0.338 e. The van der Waals surface area contributed by atoms with Crippen molar-refractivity contribution in [2.45, 2.75) is 26.7 Å². The van der Waals surface area contributed by atoms with E-state index in [0.717, 1.165) is 23.6 Å². The van der Waals surface area contributed by atoms with Crippen LogP contribution in [0.5, 0.6) is 0 Å². The smallest absolute Gasteiger partial charge is 0.338 e. The van der Waals surface area contributed by atoms with Crippen molar-refractivity contribution in [3.05, 3.63) is 48.0 Å². The lowest BCUT2D eigenvalue weighted by Gasteiger charge is -2.08. The van der Waals surface area contributed by atoms with Gasteiger partial charge in [-0.25, -0.2) is 4.79 Å². The molecule has 0 fully saturated rings. The van der Waals surface area contributed by atoms with E-state index in [1.54, 1.807) is 6.07 Å². The molecule has 2 aromatic carbocycles. The SMILES string of the molecule is CC(C)CCCOC(=O)c1cccc2[c]cccc12. The predicted octanol–water partition coefficient (Wildman–Crippen LogP) is 4.23. The molecule has 0 aliphatic heterocycles. The van der Waals surface area contributed by atoms with E-state index in [4.69, 9.17) is 4.74 Å². The first-order chi connectivity index (χ1) is 9.18. The summed E-state index contributed by atoms with van der Waals surface area (Å²) in [4.78, 5) is 12.1. The van der Waals surface area contributed by atoms with E-state index in [1.807, 2.05) is 30.3 Å². The normalized spacial score (nSPS) is 10.9. The molecule has 0 aliphatic carbocycles. The highest BCUT2D eigenvalue weighted by Gasteiger charge is 2.10. The molecule has 0 aliphatic rings. The van der Waals surface area contributed by atoms with Gasteiger partial charge in [0, 0.05) is 0 Å². The van der Waals surface area contributed by atoms with Gasteiger partial charge >= 0.3 is 5.97 Å². The average Bonchev–Trinajstić information content (AvgIpc) is 2.42. The number of esters is 1. The molecular weight excluding hydrogens is 236 g/mol. The highest BCUT2D eigenvalue weighted by atomic mass is 16.5. The molecule has 2 nitrogen and oxygen atoms in total. The third-order valence-electron chi connectivity index (χ3n) is 3.08. The van der Waals surface area contributed by atoms with E-state index >= 15 is 0 Å². The zero-order valence-electron chi connectivity index (χ0n) is 11.5. The van der Waals surface area contributed by atoms with Crippen LogP contribution in [0, 0.1) is 12.0 Å². The molecule has 0 unspecified atom stereocenters. The Morgan fingerprint density at radius 1 is 1.26 bits per heavy atom. The quantitative estimate of drug-likeness (QED) is 0.590. The van der Waals surface area contributed by atoms with E-state index in [-0.39, 0.29) is 5.97 Å². The Balaban J connectivity index is 2.05. The van der Waals surface area contributed by atoms with Crippen molar-refractivity contribution >= 4 is 16.7 Å². The standard InChI is InChI=1S/C17H19O2/c1-13(2)7-6-12-19-17(18)16-11-5-9-14-8-3-4-10-15(14)16/h3-5,9-11,13H,6-7,12H2,1-2H3. The minimum absolute atomic E-state index is 0.242. The Morgan fingerprint density at radius 2 is 2.11 bits per heavy atom. The second-order valence-corrected chi connectivity index (χ2v) is 5.11. The van der Waals surface area contributed by atoms with Gasteiger partial charge in [0.1, 0.15) is 0 Å². The number of hydrogen-bond donors (Lipinski definition) is 0. The van der Waals surface area contributed by atoms with Crippen molar-refractivity contribution in [1.82, 2.24) is 0 Å². The number of rotatable bonds is 5. The summed E-state index contributed by atoms with van der Waals surface area (Å²) in [6.07, 6.45) is 2.00. The Bertz CT molecular complexity index is 553. The number of hydrogen-bond acceptors (Lipinski definition) is 2. The van der Waals surface area contributed by atoms with Gasteiger partial charge in [-0.3, -0.25) is 0 Å². The summed E-state index contributed by atoms with van der Waals surface area (Å²) in [6, 6.07) is 14.4. The Hall–Kier alpha value is -1.83. The van der Waals surface area contributed by atoms with Crippen molar-refractivity contribution in [2.75, 3.05) is 6.61 Å². The molecule has 2 aromatic rings. The summed E-state index contributed by atoms with van der Waals surface area (Å²) in [6.45, 7) is 4.83. The van der Waals surface area contributed by atoms with Crippen LogP contribution in [0.25, 0.3) is 10.8 Å². The summed E-state index contributed by atoms with van der Waals surface area (Å²) < 4.78 is 5.33.